The summed E-state index contributed by atoms with van der Waals surface area (Å²) in [4.78, 5) is 32.8. The first-order chi connectivity index (χ1) is 15.5. The van der Waals surface area contributed by atoms with Gasteiger partial charge in [-0.1, -0.05) is 38.1 Å². The molecule has 0 bridgehead atoms. The minimum atomic E-state index is -0.641. The van der Waals surface area contributed by atoms with E-state index in [9.17, 15) is 9.59 Å². The molecule has 2 aromatic carbocycles. The van der Waals surface area contributed by atoms with Crippen LogP contribution in [0.5, 0.6) is 5.75 Å². The molecule has 162 valence electrons. The molecule has 0 radical (unpaired) electrons. The van der Waals surface area contributed by atoms with Crippen molar-refractivity contribution in [3.8, 4) is 5.75 Å². The summed E-state index contributed by atoms with van der Waals surface area (Å²) < 4.78 is 11.9. The number of rotatable bonds is 6. The van der Waals surface area contributed by atoms with Gasteiger partial charge in [0, 0.05) is 11.6 Å². The molecule has 1 aliphatic rings. The number of para-hydroxylation sites is 1. The standard InChI is InChI=1S/C25H22N2O4S/c1-15(2)10-12-30-17-7-5-6-16(14-17)21-20-22(28)18-8-3-4-9-19(18)31-23(20)24(29)27(21)25-26-11-13-32-25/h3-9,11,13-15,21H,10,12H2,1-2H3. The number of carbonyl (C=O) groups is 1. The Bertz CT molecular complexity index is 1340. The predicted molar refractivity (Wildman–Crippen MR) is 125 cm³/mol. The van der Waals surface area contributed by atoms with E-state index in [0.29, 0.717) is 39.9 Å². The Kier molecular flexibility index (Phi) is 5.27. The summed E-state index contributed by atoms with van der Waals surface area (Å²) in [6, 6.07) is 13.9. The molecule has 0 spiro atoms. The maximum Gasteiger partial charge on any atom is 0.297 e. The van der Waals surface area contributed by atoms with Gasteiger partial charge in [0.15, 0.2) is 10.6 Å². The highest BCUT2D eigenvalue weighted by atomic mass is 32.1. The average molecular weight is 447 g/mol. The molecule has 0 saturated carbocycles. The second-order valence-corrected chi connectivity index (χ2v) is 9.04. The summed E-state index contributed by atoms with van der Waals surface area (Å²) >= 11 is 1.34. The molecule has 1 amide bonds. The normalized spacial score (nSPS) is 15.5. The number of nitrogens with zero attached hydrogens (tertiary/aromatic N) is 2. The van der Waals surface area contributed by atoms with Crippen molar-refractivity contribution < 1.29 is 13.9 Å². The molecular weight excluding hydrogens is 424 g/mol. The highest BCUT2D eigenvalue weighted by molar-refractivity contribution is 7.13. The number of thiazole rings is 1. The summed E-state index contributed by atoms with van der Waals surface area (Å²) in [6.07, 6.45) is 2.58. The first-order valence-corrected chi connectivity index (χ1v) is 11.4. The van der Waals surface area contributed by atoms with Crippen LogP contribution in [0.25, 0.3) is 11.0 Å². The number of aromatic nitrogens is 1. The third kappa shape index (κ3) is 3.48. The fraction of sp³-hybridized carbons (Fsp3) is 0.240. The van der Waals surface area contributed by atoms with E-state index in [-0.39, 0.29) is 17.1 Å². The Morgan fingerprint density at radius 2 is 2.00 bits per heavy atom. The molecule has 32 heavy (non-hydrogen) atoms. The van der Waals surface area contributed by atoms with Gasteiger partial charge in [-0.05, 0) is 42.2 Å². The van der Waals surface area contributed by atoms with Crippen molar-refractivity contribution in [1.29, 1.82) is 0 Å². The maximum absolute atomic E-state index is 13.5. The SMILES string of the molecule is CC(C)CCOc1cccc(C2c3c(oc4ccccc4c3=O)C(=O)N2c2nccs2)c1. The molecule has 6 nitrogen and oxygen atoms in total. The summed E-state index contributed by atoms with van der Waals surface area (Å²) in [5.41, 5.74) is 1.31. The number of anilines is 1. The van der Waals surface area contributed by atoms with E-state index >= 15 is 0 Å². The second-order valence-electron chi connectivity index (χ2n) is 8.17. The Labute approximate surface area is 189 Å². The van der Waals surface area contributed by atoms with Crippen molar-refractivity contribution in [3.05, 3.63) is 87.2 Å². The minimum absolute atomic E-state index is 0.0695. The van der Waals surface area contributed by atoms with Crippen LogP contribution in [0.2, 0.25) is 0 Å². The van der Waals surface area contributed by atoms with Crippen LogP contribution < -0.4 is 15.1 Å². The van der Waals surface area contributed by atoms with E-state index < -0.39 is 6.04 Å². The van der Waals surface area contributed by atoms with Crippen LogP contribution in [0.3, 0.4) is 0 Å². The van der Waals surface area contributed by atoms with Crippen LogP contribution in [0, 0.1) is 5.92 Å². The quantitative estimate of drug-likeness (QED) is 0.395. The molecule has 1 aliphatic heterocycles. The highest BCUT2D eigenvalue weighted by Crippen LogP contribution is 2.42. The monoisotopic (exact) mass is 446 g/mol. The molecule has 0 N–H and O–H groups in total. The zero-order chi connectivity index (χ0) is 22.2. The van der Waals surface area contributed by atoms with Crippen LogP contribution in [0.1, 0.15) is 48.0 Å². The van der Waals surface area contributed by atoms with E-state index in [0.717, 1.165) is 12.0 Å². The van der Waals surface area contributed by atoms with Crippen LogP contribution in [-0.2, 0) is 0 Å². The van der Waals surface area contributed by atoms with E-state index in [1.807, 2.05) is 24.3 Å². The smallest absolute Gasteiger partial charge is 0.297 e. The van der Waals surface area contributed by atoms with Gasteiger partial charge in [0.1, 0.15) is 11.3 Å². The van der Waals surface area contributed by atoms with E-state index in [4.69, 9.17) is 9.15 Å². The molecule has 1 unspecified atom stereocenters. The zero-order valence-corrected chi connectivity index (χ0v) is 18.6. The molecule has 2 aromatic heterocycles. The average Bonchev–Trinajstić information content (AvgIpc) is 3.41. The number of amides is 1. The van der Waals surface area contributed by atoms with Crippen molar-refractivity contribution in [3.63, 3.8) is 0 Å². The first-order valence-electron chi connectivity index (χ1n) is 10.6. The Morgan fingerprint density at radius 3 is 2.78 bits per heavy atom. The molecule has 7 heteroatoms. The number of benzene rings is 2. The fourth-order valence-electron chi connectivity index (χ4n) is 3.95. The van der Waals surface area contributed by atoms with Gasteiger partial charge in [-0.25, -0.2) is 4.98 Å². The lowest BCUT2D eigenvalue weighted by Gasteiger charge is -2.23. The van der Waals surface area contributed by atoms with Gasteiger partial charge < -0.3 is 9.15 Å². The van der Waals surface area contributed by atoms with Gasteiger partial charge in [-0.15, -0.1) is 11.3 Å². The van der Waals surface area contributed by atoms with Crippen molar-refractivity contribution in [2.45, 2.75) is 26.3 Å². The third-order valence-electron chi connectivity index (χ3n) is 5.54. The van der Waals surface area contributed by atoms with Gasteiger partial charge in [0.2, 0.25) is 5.76 Å². The lowest BCUT2D eigenvalue weighted by atomic mass is 9.98. The number of hydrogen-bond acceptors (Lipinski definition) is 6. The van der Waals surface area contributed by atoms with Gasteiger partial charge >= 0.3 is 0 Å². The largest absolute Gasteiger partial charge is 0.494 e. The van der Waals surface area contributed by atoms with E-state index in [1.165, 1.54) is 11.3 Å². The van der Waals surface area contributed by atoms with Gasteiger partial charge in [0.05, 0.1) is 23.6 Å². The maximum atomic E-state index is 13.5. The zero-order valence-electron chi connectivity index (χ0n) is 17.8. The first kappa shape index (κ1) is 20.5. The van der Waals surface area contributed by atoms with Crippen LogP contribution >= 0.6 is 11.3 Å². The Morgan fingerprint density at radius 1 is 1.16 bits per heavy atom. The van der Waals surface area contributed by atoms with Gasteiger partial charge in [0.25, 0.3) is 5.91 Å². The second kappa shape index (κ2) is 8.24. The van der Waals surface area contributed by atoms with Crippen LogP contribution in [0.15, 0.2) is 69.3 Å². The van der Waals surface area contributed by atoms with Crippen molar-refractivity contribution in [2.75, 3.05) is 11.5 Å². The third-order valence-corrected chi connectivity index (χ3v) is 6.31. The van der Waals surface area contributed by atoms with E-state index in [1.54, 1.807) is 40.7 Å². The summed E-state index contributed by atoms with van der Waals surface area (Å²) in [5, 5.41) is 2.77. The van der Waals surface area contributed by atoms with Crippen molar-refractivity contribution in [2.24, 2.45) is 5.92 Å². The van der Waals surface area contributed by atoms with Gasteiger partial charge in [-0.2, -0.15) is 0 Å². The molecule has 0 aliphatic carbocycles. The molecule has 4 aromatic rings. The number of ether oxygens (including phenoxy) is 1. The van der Waals surface area contributed by atoms with Crippen LogP contribution in [0.4, 0.5) is 5.13 Å². The molecule has 1 atom stereocenters. The molecule has 5 rings (SSSR count). The van der Waals surface area contributed by atoms with Crippen molar-refractivity contribution in [1.82, 2.24) is 4.98 Å². The predicted octanol–water partition coefficient (Wildman–Crippen LogP) is 5.42. The van der Waals surface area contributed by atoms with Crippen LogP contribution in [-0.4, -0.2) is 17.5 Å². The molecule has 3 heterocycles. The number of fused-ring (bicyclic) bond motifs is 2. The lowest BCUT2D eigenvalue weighted by molar-refractivity contribution is 0.0971. The minimum Gasteiger partial charge on any atom is -0.494 e. The summed E-state index contributed by atoms with van der Waals surface area (Å²) in [5.74, 6) is 0.943. The highest BCUT2D eigenvalue weighted by Gasteiger charge is 2.44. The summed E-state index contributed by atoms with van der Waals surface area (Å²) in [6.45, 7) is 4.90. The number of hydrogen-bond donors (Lipinski definition) is 0. The van der Waals surface area contributed by atoms with Crippen molar-refractivity contribution >= 4 is 33.3 Å². The summed E-state index contributed by atoms with van der Waals surface area (Å²) in [7, 11) is 0. The Balaban J connectivity index is 1.66. The fourth-order valence-corrected chi connectivity index (χ4v) is 4.62. The Hall–Kier alpha value is -3.45. The number of carbonyl (C=O) groups excluding carboxylic acids is 1. The van der Waals surface area contributed by atoms with Gasteiger partial charge in [-0.3, -0.25) is 14.5 Å². The molecule has 0 saturated heterocycles. The lowest BCUT2D eigenvalue weighted by Crippen LogP contribution is -2.29. The molecule has 0 fully saturated rings. The van der Waals surface area contributed by atoms with E-state index in [2.05, 4.69) is 18.8 Å². The molecular formula is C25H22N2O4S. The topological polar surface area (TPSA) is 72.6 Å².